The maximum Gasteiger partial charge on any atom is 0.234 e. The summed E-state index contributed by atoms with van der Waals surface area (Å²) >= 11 is 0. The Kier molecular flexibility index (Phi) is 8.13. The fourth-order valence-corrected chi connectivity index (χ4v) is 2.47. The SMILES string of the molecule is CCN(CC)[C@@H](CNC(=O)CN(C)C(C)C)c1ccccc1. The molecule has 0 aliphatic rings. The first kappa shape index (κ1) is 18.7. The third-order valence-electron chi connectivity index (χ3n) is 4.20. The molecule has 124 valence electrons. The molecular weight excluding hydrogens is 274 g/mol. The average Bonchev–Trinajstić information content (AvgIpc) is 2.52. The Bertz CT molecular complexity index is 429. The number of rotatable bonds is 9. The van der Waals surface area contributed by atoms with Crippen LogP contribution >= 0.6 is 0 Å². The van der Waals surface area contributed by atoms with Crippen molar-refractivity contribution in [3.8, 4) is 0 Å². The van der Waals surface area contributed by atoms with E-state index in [4.69, 9.17) is 0 Å². The number of nitrogens with one attached hydrogen (secondary N) is 1. The predicted molar refractivity (Wildman–Crippen MR) is 92.9 cm³/mol. The van der Waals surface area contributed by atoms with Crippen LogP contribution < -0.4 is 5.32 Å². The lowest BCUT2D eigenvalue weighted by Gasteiger charge is -2.30. The van der Waals surface area contributed by atoms with Crippen LogP contribution in [0.5, 0.6) is 0 Å². The van der Waals surface area contributed by atoms with Crippen LogP contribution in [0, 0.1) is 0 Å². The van der Waals surface area contributed by atoms with E-state index in [1.54, 1.807) is 0 Å². The molecule has 1 atom stereocenters. The molecule has 0 unspecified atom stereocenters. The molecule has 0 bridgehead atoms. The minimum absolute atomic E-state index is 0.0873. The minimum Gasteiger partial charge on any atom is -0.353 e. The molecule has 22 heavy (non-hydrogen) atoms. The van der Waals surface area contributed by atoms with Crippen molar-refractivity contribution in [2.45, 2.75) is 39.8 Å². The van der Waals surface area contributed by atoms with Crippen molar-refractivity contribution in [3.05, 3.63) is 35.9 Å². The molecule has 1 aromatic rings. The van der Waals surface area contributed by atoms with Gasteiger partial charge in [-0.3, -0.25) is 14.6 Å². The number of likely N-dealkylation sites (N-methyl/N-ethyl adjacent to an activating group) is 2. The van der Waals surface area contributed by atoms with Gasteiger partial charge in [0.15, 0.2) is 0 Å². The van der Waals surface area contributed by atoms with Crippen LogP contribution in [-0.4, -0.2) is 55.0 Å². The summed E-state index contributed by atoms with van der Waals surface area (Å²) in [5, 5.41) is 3.09. The summed E-state index contributed by atoms with van der Waals surface area (Å²) in [5.41, 5.74) is 1.25. The van der Waals surface area contributed by atoms with E-state index < -0.39 is 0 Å². The van der Waals surface area contributed by atoms with Gasteiger partial charge in [0.05, 0.1) is 12.6 Å². The smallest absolute Gasteiger partial charge is 0.234 e. The van der Waals surface area contributed by atoms with Gasteiger partial charge in [-0.05, 0) is 39.5 Å². The van der Waals surface area contributed by atoms with E-state index in [1.165, 1.54) is 5.56 Å². The number of hydrogen-bond acceptors (Lipinski definition) is 3. The van der Waals surface area contributed by atoms with Crippen molar-refractivity contribution < 1.29 is 4.79 Å². The molecule has 0 heterocycles. The first-order valence-corrected chi connectivity index (χ1v) is 8.25. The van der Waals surface area contributed by atoms with Gasteiger partial charge < -0.3 is 5.32 Å². The summed E-state index contributed by atoms with van der Waals surface area (Å²) in [6, 6.07) is 11.0. The van der Waals surface area contributed by atoms with Gasteiger partial charge in [0.2, 0.25) is 5.91 Å². The standard InChI is InChI=1S/C18H31N3O/c1-6-21(7-2)17(16-11-9-8-10-12-16)13-19-18(22)14-20(5)15(3)4/h8-12,15,17H,6-7,13-14H2,1-5H3,(H,19,22)/t17-/m0/s1. The topological polar surface area (TPSA) is 35.6 Å². The van der Waals surface area contributed by atoms with Crippen LogP contribution in [0.15, 0.2) is 30.3 Å². The minimum atomic E-state index is 0.0873. The molecule has 1 aromatic carbocycles. The molecule has 0 fully saturated rings. The summed E-state index contributed by atoms with van der Waals surface area (Å²) < 4.78 is 0. The zero-order valence-electron chi connectivity index (χ0n) is 14.7. The molecule has 4 heteroatoms. The number of benzene rings is 1. The Balaban J connectivity index is 2.68. The van der Waals surface area contributed by atoms with Crippen molar-refractivity contribution >= 4 is 5.91 Å². The third kappa shape index (κ3) is 5.78. The van der Waals surface area contributed by atoms with Crippen molar-refractivity contribution in [2.24, 2.45) is 0 Å². The number of hydrogen-bond donors (Lipinski definition) is 1. The highest BCUT2D eigenvalue weighted by Crippen LogP contribution is 2.19. The normalized spacial score (nSPS) is 12.9. The van der Waals surface area contributed by atoms with Crippen molar-refractivity contribution in [1.82, 2.24) is 15.1 Å². The van der Waals surface area contributed by atoms with E-state index in [-0.39, 0.29) is 11.9 Å². The molecule has 0 aliphatic heterocycles. The Morgan fingerprint density at radius 1 is 1.14 bits per heavy atom. The summed E-state index contributed by atoms with van der Waals surface area (Å²) in [5.74, 6) is 0.0873. The molecule has 1 rings (SSSR count). The number of nitrogens with zero attached hydrogens (tertiary/aromatic N) is 2. The van der Waals surface area contributed by atoms with Crippen LogP contribution in [0.25, 0.3) is 0 Å². The maximum atomic E-state index is 12.1. The van der Waals surface area contributed by atoms with Gasteiger partial charge >= 0.3 is 0 Å². The highest BCUT2D eigenvalue weighted by molar-refractivity contribution is 5.78. The van der Waals surface area contributed by atoms with Gasteiger partial charge in [0.25, 0.3) is 0 Å². The zero-order valence-corrected chi connectivity index (χ0v) is 14.7. The second kappa shape index (κ2) is 9.59. The van der Waals surface area contributed by atoms with Crippen molar-refractivity contribution in [2.75, 3.05) is 33.2 Å². The second-order valence-electron chi connectivity index (χ2n) is 5.96. The van der Waals surface area contributed by atoms with Gasteiger partial charge in [-0.2, -0.15) is 0 Å². The van der Waals surface area contributed by atoms with Crippen LogP contribution in [-0.2, 0) is 4.79 Å². The fraction of sp³-hybridized carbons (Fsp3) is 0.611. The first-order chi connectivity index (χ1) is 10.5. The van der Waals surface area contributed by atoms with E-state index >= 15 is 0 Å². The largest absolute Gasteiger partial charge is 0.353 e. The third-order valence-corrected chi connectivity index (χ3v) is 4.20. The van der Waals surface area contributed by atoms with Crippen LogP contribution in [0.3, 0.4) is 0 Å². The summed E-state index contributed by atoms with van der Waals surface area (Å²) in [6.45, 7) is 11.5. The van der Waals surface area contributed by atoms with Gasteiger partial charge in [-0.15, -0.1) is 0 Å². The molecule has 0 aliphatic carbocycles. The monoisotopic (exact) mass is 305 g/mol. The molecular formula is C18H31N3O. The molecule has 0 saturated carbocycles. The van der Waals surface area contributed by atoms with Gasteiger partial charge in [-0.1, -0.05) is 44.2 Å². The Morgan fingerprint density at radius 2 is 1.73 bits per heavy atom. The van der Waals surface area contributed by atoms with E-state index in [1.807, 2.05) is 18.0 Å². The van der Waals surface area contributed by atoms with E-state index in [0.717, 1.165) is 13.1 Å². The van der Waals surface area contributed by atoms with Gasteiger partial charge in [0.1, 0.15) is 0 Å². The first-order valence-electron chi connectivity index (χ1n) is 8.25. The Morgan fingerprint density at radius 3 is 2.23 bits per heavy atom. The molecule has 4 nitrogen and oxygen atoms in total. The molecule has 0 radical (unpaired) electrons. The van der Waals surface area contributed by atoms with Gasteiger partial charge in [0, 0.05) is 12.6 Å². The second-order valence-corrected chi connectivity index (χ2v) is 5.96. The Hall–Kier alpha value is -1.39. The lowest BCUT2D eigenvalue weighted by Crippen LogP contribution is -2.42. The lowest BCUT2D eigenvalue weighted by molar-refractivity contribution is -0.122. The summed E-state index contributed by atoms with van der Waals surface area (Å²) in [4.78, 5) is 16.5. The van der Waals surface area contributed by atoms with Gasteiger partial charge in [-0.25, -0.2) is 0 Å². The fourth-order valence-electron chi connectivity index (χ4n) is 2.47. The number of amides is 1. The summed E-state index contributed by atoms with van der Waals surface area (Å²) in [6.07, 6.45) is 0. The maximum absolute atomic E-state index is 12.1. The van der Waals surface area contributed by atoms with Crippen LogP contribution in [0.1, 0.15) is 39.3 Å². The molecule has 0 aromatic heterocycles. The van der Waals surface area contributed by atoms with Crippen molar-refractivity contribution in [1.29, 1.82) is 0 Å². The zero-order chi connectivity index (χ0) is 16.5. The lowest BCUT2D eigenvalue weighted by atomic mass is 10.1. The summed E-state index contributed by atoms with van der Waals surface area (Å²) in [7, 11) is 1.98. The van der Waals surface area contributed by atoms with Crippen molar-refractivity contribution in [3.63, 3.8) is 0 Å². The van der Waals surface area contributed by atoms with E-state index in [0.29, 0.717) is 19.1 Å². The van der Waals surface area contributed by atoms with E-state index in [2.05, 4.69) is 62.2 Å². The molecule has 1 N–H and O–H groups in total. The molecule has 0 saturated heterocycles. The van der Waals surface area contributed by atoms with E-state index in [9.17, 15) is 4.79 Å². The highest BCUT2D eigenvalue weighted by Gasteiger charge is 2.19. The van der Waals surface area contributed by atoms with Crippen LogP contribution in [0.2, 0.25) is 0 Å². The number of carbonyl (C=O) groups excluding carboxylic acids is 1. The number of carbonyl (C=O) groups is 1. The molecule has 0 spiro atoms. The Labute approximate surface area is 135 Å². The molecule has 1 amide bonds. The highest BCUT2D eigenvalue weighted by atomic mass is 16.2. The average molecular weight is 305 g/mol. The van der Waals surface area contributed by atoms with Crippen LogP contribution in [0.4, 0.5) is 0 Å². The predicted octanol–water partition coefficient (Wildman–Crippen LogP) is 2.53. The quantitative estimate of drug-likeness (QED) is 0.761.